The summed E-state index contributed by atoms with van der Waals surface area (Å²) in [5.41, 5.74) is 3.11. The predicted octanol–water partition coefficient (Wildman–Crippen LogP) is 4.97. The van der Waals surface area contributed by atoms with Gasteiger partial charge in [-0.05, 0) is 49.2 Å². The number of rotatable bonds is 12. The lowest BCUT2D eigenvalue weighted by molar-refractivity contribution is -0.140. The molecular formula is C33H35N3O4S. The second kappa shape index (κ2) is 13.8. The fourth-order valence-electron chi connectivity index (χ4n) is 4.70. The average molecular weight is 570 g/mol. The Morgan fingerprint density at radius 2 is 1.37 bits per heavy atom. The highest BCUT2D eigenvalue weighted by Crippen LogP contribution is 2.25. The van der Waals surface area contributed by atoms with Crippen molar-refractivity contribution in [2.75, 3.05) is 17.4 Å². The Morgan fingerprint density at radius 1 is 0.780 bits per heavy atom. The van der Waals surface area contributed by atoms with E-state index in [9.17, 15) is 18.0 Å². The summed E-state index contributed by atoms with van der Waals surface area (Å²) >= 11 is 0. The molecule has 0 aliphatic rings. The lowest BCUT2D eigenvalue weighted by Crippen LogP contribution is -2.53. The van der Waals surface area contributed by atoms with E-state index < -0.39 is 28.5 Å². The minimum atomic E-state index is -4.09. The molecule has 4 aromatic carbocycles. The number of benzene rings is 4. The van der Waals surface area contributed by atoms with Crippen molar-refractivity contribution in [1.82, 2.24) is 10.2 Å². The van der Waals surface area contributed by atoms with Crippen molar-refractivity contribution in [2.45, 2.75) is 37.8 Å². The highest BCUT2D eigenvalue weighted by atomic mass is 32.2. The second-order valence-corrected chi connectivity index (χ2v) is 11.6. The van der Waals surface area contributed by atoms with Gasteiger partial charge >= 0.3 is 0 Å². The Balaban J connectivity index is 1.77. The van der Waals surface area contributed by atoms with Gasteiger partial charge in [0.05, 0.1) is 10.6 Å². The summed E-state index contributed by atoms with van der Waals surface area (Å²) in [6.45, 7) is 3.86. The molecular weight excluding hydrogens is 534 g/mol. The van der Waals surface area contributed by atoms with Crippen LogP contribution in [0.4, 0.5) is 5.69 Å². The summed E-state index contributed by atoms with van der Waals surface area (Å²) in [6, 6.07) is 33.0. The van der Waals surface area contributed by atoms with Gasteiger partial charge in [-0.1, -0.05) is 96.6 Å². The SMILES string of the molecule is CCNC(=O)[C@@H](Cc1ccccc1)N(Cc1cccc(C)c1)C(=O)CN(c1ccccc1)S(=O)(=O)c1ccccc1. The molecule has 0 aromatic heterocycles. The van der Waals surface area contributed by atoms with E-state index in [4.69, 9.17) is 0 Å². The van der Waals surface area contributed by atoms with Gasteiger partial charge in [-0.15, -0.1) is 0 Å². The van der Waals surface area contributed by atoms with Gasteiger partial charge in [0.25, 0.3) is 10.0 Å². The smallest absolute Gasteiger partial charge is 0.264 e. The highest BCUT2D eigenvalue weighted by molar-refractivity contribution is 7.92. The molecule has 0 aliphatic heterocycles. The largest absolute Gasteiger partial charge is 0.355 e. The fourth-order valence-corrected chi connectivity index (χ4v) is 6.13. The number of anilines is 1. The summed E-state index contributed by atoms with van der Waals surface area (Å²) in [7, 11) is -4.09. The normalized spacial score (nSPS) is 11.9. The number of para-hydroxylation sites is 1. The number of nitrogens with one attached hydrogen (secondary N) is 1. The van der Waals surface area contributed by atoms with Crippen LogP contribution in [-0.4, -0.2) is 44.3 Å². The maximum atomic E-state index is 14.3. The van der Waals surface area contributed by atoms with Crippen molar-refractivity contribution in [1.29, 1.82) is 0 Å². The van der Waals surface area contributed by atoms with E-state index in [1.54, 1.807) is 48.5 Å². The monoisotopic (exact) mass is 569 g/mol. The van der Waals surface area contributed by atoms with Crippen LogP contribution in [0.2, 0.25) is 0 Å². The zero-order valence-corrected chi connectivity index (χ0v) is 24.1. The standard InChI is InChI=1S/C33H35N3O4S/c1-3-34-33(38)31(23-27-15-7-4-8-16-27)35(24-28-17-13-14-26(2)22-28)32(37)25-36(29-18-9-5-10-19-29)41(39,40)30-20-11-6-12-21-30/h4-22,31H,3,23-25H2,1-2H3,(H,34,38)/t31-/m1/s1. The Kier molecular flexibility index (Phi) is 9.92. The average Bonchev–Trinajstić information content (AvgIpc) is 2.99. The number of amides is 2. The molecule has 1 atom stereocenters. The summed E-state index contributed by atoms with van der Waals surface area (Å²) in [6.07, 6.45) is 0.279. The third kappa shape index (κ3) is 7.61. The number of nitrogens with zero attached hydrogens (tertiary/aromatic N) is 2. The first-order chi connectivity index (χ1) is 19.8. The molecule has 212 valence electrons. The predicted molar refractivity (Wildman–Crippen MR) is 162 cm³/mol. The van der Waals surface area contributed by atoms with Gasteiger partial charge in [-0.25, -0.2) is 8.42 Å². The molecule has 8 heteroatoms. The van der Waals surface area contributed by atoms with Gasteiger partial charge in [0.2, 0.25) is 11.8 Å². The Hall–Kier alpha value is -4.43. The lowest BCUT2D eigenvalue weighted by Gasteiger charge is -2.34. The van der Waals surface area contributed by atoms with E-state index in [0.717, 1.165) is 21.0 Å². The van der Waals surface area contributed by atoms with Crippen LogP contribution in [0, 0.1) is 6.92 Å². The molecule has 2 amide bonds. The molecule has 0 saturated heterocycles. The Labute approximate surface area is 242 Å². The number of hydrogen-bond donors (Lipinski definition) is 1. The van der Waals surface area contributed by atoms with Crippen molar-refractivity contribution in [3.63, 3.8) is 0 Å². The molecule has 0 unspecified atom stereocenters. The van der Waals surface area contributed by atoms with Gasteiger partial charge in [0, 0.05) is 19.5 Å². The molecule has 0 bridgehead atoms. The van der Waals surface area contributed by atoms with Crippen LogP contribution in [-0.2, 0) is 32.6 Å². The molecule has 7 nitrogen and oxygen atoms in total. The molecule has 0 fully saturated rings. The van der Waals surface area contributed by atoms with Crippen molar-refractivity contribution < 1.29 is 18.0 Å². The lowest BCUT2D eigenvalue weighted by atomic mass is 10.0. The molecule has 0 radical (unpaired) electrons. The van der Waals surface area contributed by atoms with Crippen molar-refractivity contribution in [2.24, 2.45) is 0 Å². The zero-order valence-electron chi connectivity index (χ0n) is 23.3. The van der Waals surface area contributed by atoms with Gasteiger partial charge in [0.15, 0.2) is 0 Å². The van der Waals surface area contributed by atoms with Crippen molar-refractivity contribution in [3.8, 4) is 0 Å². The molecule has 41 heavy (non-hydrogen) atoms. The number of hydrogen-bond acceptors (Lipinski definition) is 4. The summed E-state index contributed by atoms with van der Waals surface area (Å²) in [4.78, 5) is 29.3. The van der Waals surface area contributed by atoms with Crippen molar-refractivity contribution >= 4 is 27.5 Å². The molecule has 4 aromatic rings. The molecule has 4 rings (SSSR count). The van der Waals surface area contributed by atoms with Gasteiger partial charge in [0.1, 0.15) is 12.6 Å². The van der Waals surface area contributed by atoms with Gasteiger partial charge in [-0.3, -0.25) is 13.9 Å². The quantitative estimate of drug-likeness (QED) is 0.261. The summed E-state index contributed by atoms with van der Waals surface area (Å²) in [5, 5.41) is 2.87. The molecule has 1 N–H and O–H groups in total. The van der Waals surface area contributed by atoms with Crippen LogP contribution < -0.4 is 9.62 Å². The van der Waals surface area contributed by atoms with Crippen LogP contribution >= 0.6 is 0 Å². The topological polar surface area (TPSA) is 86.8 Å². The van der Waals surface area contributed by atoms with E-state index in [2.05, 4.69) is 5.32 Å². The van der Waals surface area contributed by atoms with E-state index in [1.165, 1.54) is 17.0 Å². The highest BCUT2D eigenvalue weighted by Gasteiger charge is 2.34. The minimum absolute atomic E-state index is 0.0754. The van der Waals surface area contributed by atoms with E-state index in [1.807, 2.05) is 68.4 Å². The zero-order chi connectivity index (χ0) is 29.2. The molecule has 0 heterocycles. The summed E-state index contributed by atoms with van der Waals surface area (Å²) < 4.78 is 28.9. The number of likely N-dealkylation sites (N-methyl/N-ethyl adjacent to an activating group) is 1. The fraction of sp³-hybridized carbons (Fsp3) is 0.212. The van der Waals surface area contributed by atoms with E-state index in [0.29, 0.717) is 12.2 Å². The van der Waals surface area contributed by atoms with Crippen LogP contribution in [0.15, 0.2) is 120 Å². The van der Waals surface area contributed by atoms with Crippen LogP contribution in [0.1, 0.15) is 23.6 Å². The minimum Gasteiger partial charge on any atom is -0.355 e. The van der Waals surface area contributed by atoms with E-state index >= 15 is 0 Å². The second-order valence-electron chi connectivity index (χ2n) is 9.77. The maximum Gasteiger partial charge on any atom is 0.264 e. The first-order valence-corrected chi connectivity index (χ1v) is 15.0. The number of aryl methyl sites for hydroxylation is 1. The first kappa shape index (κ1) is 29.6. The number of carbonyl (C=O) groups excluding carboxylic acids is 2. The maximum absolute atomic E-state index is 14.3. The van der Waals surface area contributed by atoms with Gasteiger partial charge in [-0.2, -0.15) is 0 Å². The van der Waals surface area contributed by atoms with Crippen molar-refractivity contribution in [3.05, 3.63) is 132 Å². The number of sulfonamides is 1. The molecule has 0 aliphatic carbocycles. The Morgan fingerprint density at radius 3 is 1.98 bits per heavy atom. The van der Waals surface area contributed by atoms with Crippen LogP contribution in [0.3, 0.4) is 0 Å². The Bertz CT molecular complexity index is 1550. The third-order valence-electron chi connectivity index (χ3n) is 6.71. The first-order valence-electron chi connectivity index (χ1n) is 13.6. The molecule has 0 saturated carbocycles. The number of carbonyl (C=O) groups is 2. The van der Waals surface area contributed by atoms with Crippen LogP contribution in [0.25, 0.3) is 0 Å². The van der Waals surface area contributed by atoms with Gasteiger partial charge < -0.3 is 10.2 Å². The summed E-state index contributed by atoms with van der Waals surface area (Å²) in [5.74, 6) is -0.781. The third-order valence-corrected chi connectivity index (χ3v) is 8.50. The van der Waals surface area contributed by atoms with E-state index in [-0.39, 0.29) is 23.8 Å². The van der Waals surface area contributed by atoms with Crippen LogP contribution in [0.5, 0.6) is 0 Å². The molecule has 0 spiro atoms.